The van der Waals surface area contributed by atoms with Gasteiger partial charge in [-0.15, -0.1) is 0 Å². The molecule has 0 bridgehead atoms. The fourth-order valence-electron chi connectivity index (χ4n) is 3.00. The Balaban J connectivity index is 1.60. The average molecular weight is 253 g/mol. The minimum absolute atomic E-state index is 0.161. The SMILES string of the molecule is CC1(C(=O)N2CCN(C3CC3)CC2)COCC1N. The first-order valence-corrected chi connectivity index (χ1v) is 6.98. The number of ether oxygens (including phenoxy) is 1. The summed E-state index contributed by atoms with van der Waals surface area (Å²) in [7, 11) is 0. The van der Waals surface area contributed by atoms with Crippen LogP contribution in [0.25, 0.3) is 0 Å². The van der Waals surface area contributed by atoms with Crippen LogP contribution >= 0.6 is 0 Å². The van der Waals surface area contributed by atoms with Crippen molar-refractivity contribution < 1.29 is 9.53 Å². The number of hydrogen-bond donors (Lipinski definition) is 1. The van der Waals surface area contributed by atoms with E-state index in [1.165, 1.54) is 12.8 Å². The molecule has 2 atom stereocenters. The number of nitrogens with zero attached hydrogens (tertiary/aromatic N) is 2. The highest BCUT2D eigenvalue weighted by Gasteiger charge is 2.47. The molecular weight excluding hydrogens is 230 g/mol. The molecule has 2 unspecified atom stereocenters. The van der Waals surface area contributed by atoms with Crippen LogP contribution in [0.4, 0.5) is 0 Å². The highest BCUT2D eigenvalue weighted by atomic mass is 16.5. The first-order valence-electron chi connectivity index (χ1n) is 6.98. The van der Waals surface area contributed by atoms with E-state index in [0.717, 1.165) is 32.2 Å². The molecule has 3 rings (SSSR count). The summed E-state index contributed by atoms with van der Waals surface area (Å²) in [6, 6.07) is 0.640. The zero-order valence-corrected chi connectivity index (χ0v) is 11.1. The second-order valence-corrected chi connectivity index (χ2v) is 6.10. The molecule has 3 aliphatic rings. The van der Waals surface area contributed by atoms with Crippen molar-refractivity contribution in [3.8, 4) is 0 Å². The summed E-state index contributed by atoms with van der Waals surface area (Å²) in [4.78, 5) is 17.1. The summed E-state index contributed by atoms with van der Waals surface area (Å²) >= 11 is 0. The Morgan fingerprint density at radius 3 is 2.44 bits per heavy atom. The Bertz CT molecular complexity index is 337. The minimum atomic E-state index is -0.512. The molecule has 2 saturated heterocycles. The number of piperazine rings is 1. The third-order valence-corrected chi connectivity index (χ3v) is 4.67. The molecule has 5 nitrogen and oxygen atoms in total. The highest BCUT2D eigenvalue weighted by molar-refractivity contribution is 5.83. The molecule has 2 N–H and O–H groups in total. The lowest BCUT2D eigenvalue weighted by molar-refractivity contribution is -0.143. The lowest BCUT2D eigenvalue weighted by atomic mass is 9.84. The van der Waals surface area contributed by atoms with E-state index in [0.29, 0.717) is 13.2 Å². The highest BCUT2D eigenvalue weighted by Crippen LogP contribution is 2.31. The zero-order valence-electron chi connectivity index (χ0n) is 11.1. The van der Waals surface area contributed by atoms with Gasteiger partial charge in [0.05, 0.1) is 18.6 Å². The fourth-order valence-corrected chi connectivity index (χ4v) is 3.00. The molecule has 0 aromatic rings. The number of nitrogens with two attached hydrogens (primary N) is 1. The van der Waals surface area contributed by atoms with Crippen molar-refractivity contribution in [3.05, 3.63) is 0 Å². The van der Waals surface area contributed by atoms with Crippen LogP contribution in [0.2, 0.25) is 0 Å². The van der Waals surface area contributed by atoms with Crippen molar-refractivity contribution in [2.75, 3.05) is 39.4 Å². The second kappa shape index (κ2) is 4.47. The largest absolute Gasteiger partial charge is 0.379 e. The van der Waals surface area contributed by atoms with Crippen LogP contribution in [0.3, 0.4) is 0 Å². The van der Waals surface area contributed by atoms with Crippen LogP contribution in [-0.4, -0.2) is 67.2 Å². The smallest absolute Gasteiger partial charge is 0.232 e. The van der Waals surface area contributed by atoms with Gasteiger partial charge in [0, 0.05) is 38.3 Å². The lowest BCUT2D eigenvalue weighted by Crippen LogP contribution is -2.56. The van der Waals surface area contributed by atoms with Gasteiger partial charge in [0.15, 0.2) is 0 Å². The van der Waals surface area contributed by atoms with E-state index in [2.05, 4.69) is 4.90 Å². The third kappa shape index (κ3) is 2.04. The van der Waals surface area contributed by atoms with Crippen LogP contribution in [-0.2, 0) is 9.53 Å². The third-order valence-electron chi connectivity index (χ3n) is 4.67. The van der Waals surface area contributed by atoms with Crippen molar-refractivity contribution in [1.29, 1.82) is 0 Å². The van der Waals surface area contributed by atoms with Gasteiger partial charge in [0.1, 0.15) is 0 Å². The van der Waals surface area contributed by atoms with E-state index >= 15 is 0 Å². The Morgan fingerprint density at radius 1 is 1.28 bits per heavy atom. The van der Waals surface area contributed by atoms with Crippen LogP contribution in [0.1, 0.15) is 19.8 Å². The van der Waals surface area contributed by atoms with Crippen molar-refractivity contribution in [1.82, 2.24) is 9.80 Å². The maximum Gasteiger partial charge on any atom is 0.232 e. The van der Waals surface area contributed by atoms with E-state index in [4.69, 9.17) is 10.5 Å². The number of hydrogen-bond acceptors (Lipinski definition) is 4. The van der Waals surface area contributed by atoms with E-state index in [1.54, 1.807) is 0 Å². The van der Waals surface area contributed by atoms with E-state index < -0.39 is 5.41 Å². The van der Waals surface area contributed by atoms with Crippen LogP contribution in [0.5, 0.6) is 0 Å². The summed E-state index contributed by atoms with van der Waals surface area (Å²) in [5.74, 6) is 0.183. The molecule has 1 saturated carbocycles. The molecule has 18 heavy (non-hydrogen) atoms. The number of amides is 1. The standard InChI is InChI=1S/C13H23N3O2/c1-13(9-18-8-11(13)14)12(17)16-6-4-15(5-7-16)10-2-3-10/h10-11H,2-9,14H2,1H3. The summed E-state index contributed by atoms with van der Waals surface area (Å²) < 4.78 is 5.37. The maximum atomic E-state index is 12.6. The van der Waals surface area contributed by atoms with E-state index in [-0.39, 0.29) is 11.9 Å². The number of carbonyl (C=O) groups is 1. The van der Waals surface area contributed by atoms with Gasteiger partial charge in [-0.1, -0.05) is 0 Å². The summed E-state index contributed by atoms with van der Waals surface area (Å²) in [5, 5.41) is 0. The van der Waals surface area contributed by atoms with Gasteiger partial charge in [0.2, 0.25) is 5.91 Å². The monoisotopic (exact) mass is 253 g/mol. The molecule has 0 radical (unpaired) electrons. The van der Waals surface area contributed by atoms with Gasteiger partial charge in [-0.2, -0.15) is 0 Å². The van der Waals surface area contributed by atoms with Crippen LogP contribution in [0, 0.1) is 5.41 Å². The Hall–Kier alpha value is -0.650. The van der Waals surface area contributed by atoms with Gasteiger partial charge >= 0.3 is 0 Å². The summed E-state index contributed by atoms with van der Waals surface area (Å²) in [6.07, 6.45) is 2.68. The van der Waals surface area contributed by atoms with Gasteiger partial charge in [-0.3, -0.25) is 9.69 Å². The molecule has 2 aliphatic heterocycles. The van der Waals surface area contributed by atoms with E-state index in [9.17, 15) is 4.79 Å². The molecule has 1 aliphatic carbocycles. The lowest BCUT2D eigenvalue weighted by Gasteiger charge is -2.39. The van der Waals surface area contributed by atoms with Crippen molar-refractivity contribution in [2.45, 2.75) is 31.8 Å². The summed E-state index contributed by atoms with van der Waals surface area (Å²) in [6.45, 7) is 6.64. The number of carbonyl (C=O) groups excluding carboxylic acids is 1. The van der Waals surface area contributed by atoms with Crippen molar-refractivity contribution in [2.24, 2.45) is 11.1 Å². The van der Waals surface area contributed by atoms with Gasteiger partial charge in [0.25, 0.3) is 0 Å². The maximum absolute atomic E-state index is 12.6. The first-order chi connectivity index (χ1) is 8.61. The average Bonchev–Trinajstić information content (AvgIpc) is 3.17. The fraction of sp³-hybridized carbons (Fsp3) is 0.923. The van der Waals surface area contributed by atoms with Gasteiger partial charge < -0.3 is 15.4 Å². The molecular formula is C13H23N3O2. The molecule has 1 amide bonds. The minimum Gasteiger partial charge on any atom is -0.379 e. The van der Waals surface area contributed by atoms with Crippen molar-refractivity contribution >= 4 is 5.91 Å². The van der Waals surface area contributed by atoms with Crippen LogP contribution in [0.15, 0.2) is 0 Å². The van der Waals surface area contributed by atoms with Gasteiger partial charge in [-0.25, -0.2) is 0 Å². The molecule has 0 aromatic heterocycles. The Morgan fingerprint density at radius 2 is 1.94 bits per heavy atom. The molecule has 0 aromatic carbocycles. The normalized spacial score (nSPS) is 38.1. The topological polar surface area (TPSA) is 58.8 Å². The predicted molar refractivity (Wildman–Crippen MR) is 68.1 cm³/mol. The second-order valence-electron chi connectivity index (χ2n) is 6.10. The number of rotatable bonds is 2. The Labute approximate surface area is 108 Å². The molecule has 0 spiro atoms. The Kier molecular flexibility index (Phi) is 3.08. The quantitative estimate of drug-likeness (QED) is 0.731. The molecule has 5 heteroatoms. The molecule has 2 heterocycles. The van der Waals surface area contributed by atoms with Crippen LogP contribution < -0.4 is 5.73 Å². The van der Waals surface area contributed by atoms with Gasteiger partial charge in [-0.05, 0) is 19.8 Å². The summed E-state index contributed by atoms with van der Waals surface area (Å²) in [5.41, 5.74) is 5.51. The molecule has 102 valence electrons. The zero-order chi connectivity index (χ0) is 12.8. The first kappa shape index (κ1) is 12.4. The van der Waals surface area contributed by atoms with Crippen molar-refractivity contribution in [3.63, 3.8) is 0 Å². The predicted octanol–water partition coefficient (Wildman–Crippen LogP) is -0.343. The molecule has 3 fully saturated rings. The van der Waals surface area contributed by atoms with E-state index in [1.807, 2.05) is 11.8 Å².